The van der Waals surface area contributed by atoms with E-state index in [0.717, 1.165) is 50.6 Å². The fourth-order valence-corrected chi connectivity index (χ4v) is 3.09. The quantitative estimate of drug-likeness (QED) is 0.650. The molecule has 0 saturated carbocycles. The van der Waals surface area contributed by atoms with Crippen LogP contribution in [0.3, 0.4) is 0 Å². The maximum Gasteiger partial charge on any atom is 0.142 e. The van der Waals surface area contributed by atoms with Crippen molar-refractivity contribution in [3.8, 4) is 5.75 Å². The van der Waals surface area contributed by atoms with Crippen LogP contribution in [-0.4, -0.2) is 50.3 Å². The highest BCUT2D eigenvalue weighted by atomic mass is 16.5. The molecule has 0 saturated heterocycles. The fourth-order valence-electron chi connectivity index (χ4n) is 3.09. The van der Waals surface area contributed by atoms with Crippen LogP contribution in [0.5, 0.6) is 5.75 Å². The van der Waals surface area contributed by atoms with E-state index in [0.29, 0.717) is 6.04 Å². The van der Waals surface area contributed by atoms with Crippen molar-refractivity contribution in [2.45, 2.75) is 46.1 Å². The third-order valence-corrected chi connectivity index (χ3v) is 4.55. The van der Waals surface area contributed by atoms with Crippen molar-refractivity contribution < 1.29 is 4.74 Å². The van der Waals surface area contributed by atoms with Gasteiger partial charge < -0.3 is 20.3 Å². The van der Waals surface area contributed by atoms with Crippen LogP contribution >= 0.6 is 0 Å². The first kappa shape index (κ1) is 18.1. The summed E-state index contributed by atoms with van der Waals surface area (Å²) in [6.45, 7) is 13.1. The van der Waals surface area contributed by atoms with Gasteiger partial charge in [0.2, 0.25) is 0 Å². The van der Waals surface area contributed by atoms with Crippen molar-refractivity contribution in [1.29, 1.82) is 0 Å². The molecule has 4 nitrogen and oxygen atoms in total. The predicted molar refractivity (Wildman–Crippen MR) is 98.6 cm³/mol. The minimum Gasteiger partial charge on any atom is -0.490 e. The molecular formula is C19H33N3O. The van der Waals surface area contributed by atoms with Gasteiger partial charge in [-0.1, -0.05) is 19.9 Å². The molecule has 1 heterocycles. The molecule has 1 aromatic rings. The highest BCUT2D eigenvalue weighted by Crippen LogP contribution is 2.28. The summed E-state index contributed by atoms with van der Waals surface area (Å²) in [6.07, 6.45) is 3.59. The van der Waals surface area contributed by atoms with Gasteiger partial charge in [-0.05, 0) is 70.1 Å². The zero-order valence-corrected chi connectivity index (χ0v) is 15.0. The highest BCUT2D eigenvalue weighted by molar-refractivity contribution is 5.59. The standard InChI is InChI=1S/C19H33N3O/c1-4-22(5-2)12-7-6-10-20-16(3)14-17-8-9-19-18(15-17)21-11-13-23-19/h8-9,15-16,20-21H,4-7,10-14H2,1-3H3. The molecule has 0 aromatic heterocycles. The minimum atomic E-state index is 0.506. The summed E-state index contributed by atoms with van der Waals surface area (Å²) in [5.41, 5.74) is 2.50. The molecule has 2 N–H and O–H groups in total. The zero-order valence-electron chi connectivity index (χ0n) is 15.0. The summed E-state index contributed by atoms with van der Waals surface area (Å²) in [5, 5.41) is 7.06. The lowest BCUT2D eigenvalue weighted by molar-refractivity contribution is 0.295. The predicted octanol–water partition coefficient (Wildman–Crippen LogP) is 3.13. The molecule has 1 aromatic carbocycles. The van der Waals surface area contributed by atoms with Gasteiger partial charge in [-0.15, -0.1) is 0 Å². The van der Waals surface area contributed by atoms with Gasteiger partial charge in [0.25, 0.3) is 0 Å². The first-order valence-corrected chi connectivity index (χ1v) is 9.18. The molecule has 4 heteroatoms. The van der Waals surface area contributed by atoms with Crippen molar-refractivity contribution in [3.63, 3.8) is 0 Å². The average molecular weight is 319 g/mol. The monoisotopic (exact) mass is 319 g/mol. The average Bonchev–Trinajstić information content (AvgIpc) is 2.58. The van der Waals surface area contributed by atoms with E-state index >= 15 is 0 Å². The Morgan fingerprint density at radius 3 is 2.87 bits per heavy atom. The van der Waals surface area contributed by atoms with Crippen LogP contribution in [0.15, 0.2) is 18.2 Å². The Kier molecular flexibility index (Phi) is 7.69. The Morgan fingerprint density at radius 2 is 2.09 bits per heavy atom. The van der Waals surface area contributed by atoms with E-state index in [4.69, 9.17) is 4.74 Å². The van der Waals surface area contributed by atoms with Crippen LogP contribution in [0.25, 0.3) is 0 Å². The second-order valence-corrected chi connectivity index (χ2v) is 6.40. The third kappa shape index (κ3) is 6.04. The number of nitrogens with one attached hydrogen (secondary N) is 2. The molecule has 130 valence electrons. The lowest BCUT2D eigenvalue weighted by Crippen LogP contribution is -2.30. The molecule has 0 fully saturated rings. The van der Waals surface area contributed by atoms with Crippen molar-refractivity contribution in [1.82, 2.24) is 10.2 Å². The summed E-state index contributed by atoms with van der Waals surface area (Å²) in [4.78, 5) is 2.49. The minimum absolute atomic E-state index is 0.506. The van der Waals surface area contributed by atoms with Crippen LogP contribution in [0.2, 0.25) is 0 Å². The smallest absolute Gasteiger partial charge is 0.142 e. The van der Waals surface area contributed by atoms with Crippen LogP contribution in [-0.2, 0) is 6.42 Å². The summed E-state index contributed by atoms with van der Waals surface area (Å²) < 4.78 is 5.63. The van der Waals surface area contributed by atoms with Gasteiger partial charge >= 0.3 is 0 Å². The van der Waals surface area contributed by atoms with Gasteiger partial charge in [0.05, 0.1) is 5.69 Å². The van der Waals surface area contributed by atoms with Crippen molar-refractivity contribution in [3.05, 3.63) is 23.8 Å². The number of fused-ring (bicyclic) bond motifs is 1. The van der Waals surface area contributed by atoms with Crippen molar-refractivity contribution in [2.24, 2.45) is 0 Å². The molecule has 1 atom stereocenters. The summed E-state index contributed by atoms with van der Waals surface area (Å²) in [6, 6.07) is 7.01. The molecule has 2 rings (SSSR count). The Hall–Kier alpha value is -1.26. The number of unbranched alkanes of at least 4 members (excludes halogenated alkanes) is 1. The number of ether oxygens (including phenoxy) is 1. The molecule has 1 aliphatic rings. The molecule has 0 amide bonds. The number of hydrogen-bond acceptors (Lipinski definition) is 4. The molecule has 0 aliphatic carbocycles. The van der Waals surface area contributed by atoms with Gasteiger partial charge in [0.1, 0.15) is 12.4 Å². The number of nitrogens with zero attached hydrogens (tertiary/aromatic N) is 1. The Morgan fingerprint density at radius 1 is 1.26 bits per heavy atom. The molecule has 0 spiro atoms. The van der Waals surface area contributed by atoms with E-state index in [2.05, 4.69) is 54.5 Å². The Bertz CT molecular complexity index is 460. The van der Waals surface area contributed by atoms with Gasteiger partial charge in [-0.2, -0.15) is 0 Å². The second kappa shape index (κ2) is 9.78. The maximum atomic E-state index is 5.63. The zero-order chi connectivity index (χ0) is 16.5. The van der Waals surface area contributed by atoms with E-state index in [1.54, 1.807) is 0 Å². The van der Waals surface area contributed by atoms with Gasteiger partial charge in [0.15, 0.2) is 0 Å². The van der Waals surface area contributed by atoms with E-state index in [1.165, 1.54) is 24.9 Å². The van der Waals surface area contributed by atoms with Crippen LogP contribution in [0, 0.1) is 0 Å². The van der Waals surface area contributed by atoms with Crippen LogP contribution in [0.1, 0.15) is 39.2 Å². The molecule has 23 heavy (non-hydrogen) atoms. The molecule has 0 radical (unpaired) electrons. The summed E-state index contributed by atoms with van der Waals surface area (Å²) in [7, 11) is 0. The Balaban J connectivity index is 1.66. The summed E-state index contributed by atoms with van der Waals surface area (Å²) >= 11 is 0. The topological polar surface area (TPSA) is 36.5 Å². The van der Waals surface area contributed by atoms with Gasteiger partial charge in [-0.3, -0.25) is 0 Å². The highest BCUT2D eigenvalue weighted by Gasteiger charge is 2.11. The van der Waals surface area contributed by atoms with Crippen molar-refractivity contribution >= 4 is 5.69 Å². The van der Waals surface area contributed by atoms with E-state index in [-0.39, 0.29) is 0 Å². The SMILES string of the molecule is CCN(CC)CCCCNC(C)Cc1ccc2c(c1)NCCO2. The maximum absolute atomic E-state index is 5.63. The van der Waals surface area contributed by atoms with Crippen molar-refractivity contribution in [2.75, 3.05) is 44.6 Å². The van der Waals surface area contributed by atoms with Crippen LogP contribution in [0.4, 0.5) is 5.69 Å². The molecular weight excluding hydrogens is 286 g/mol. The largest absolute Gasteiger partial charge is 0.490 e. The van der Waals surface area contributed by atoms with Crippen LogP contribution < -0.4 is 15.4 Å². The van der Waals surface area contributed by atoms with Gasteiger partial charge in [0, 0.05) is 12.6 Å². The Labute approximate surface area is 141 Å². The molecule has 1 unspecified atom stereocenters. The van der Waals surface area contributed by atoms with E-state index in [1.807, 2.05) is 0 Å². The molecule has 0 bridgehead atoms. The number of anilines is 1. The van der Waals surface area contributed by atoms with Gasteiger partial charge in [-0.25, -0.2) is 0 Å². The first-order valence-electron chi connectivity index (χ1n) is 9.18. The van der Waals surface area contributed by atoms with E-state index < -0.39 is 0 Å². The number of rotatable bonds is 10. The fraction of sp³-hybridized carbons (Fsp3) is 0.684. The lowest BCUT2D eigenvalue weighted by atomic mass is 10.1. The number of hydrogen-bond donors (Lipinski definition) is 2. The molecule has 1 aliphatic heterocycles. The second-order valence-electron chi connectivity index (χ2n) is 6.40. The first-order chi connectivity index (χ1) is 11.2. The van der Waals surface area contributed by atoms with E-state index in [9.17, 15) is 0 Å². The summed E-state index contributed by atoms with van der Waals surface area (Å²) in [5.74, 6) is 0.983. The normalized spacial score (nSPS) is 15.0. The third-order valence-electron chi connectivity index (χ3n) is 4.55. The lowest BCUT2D eigenvalue weighted by Gasteiger charge is -2.21. The number of benzene rings is 1.